The van der Waals surface area contributed by atoms with E-state index in [1.807, 2.05) is 80.7 Å². The van der Waals surface area contributed by atoms with Crippen LogP contribution in [0.3, 0.4) is 0 Å². The number of benzene rings is 3. The third-order valence-corrected chi connectivity index (χ3v) is 7.04. The van der Waals surface area contributed by atoms with Crippen LogP contribution in [0.5, 0.6) is 0 Å². The van der Waals surface area contributed by atoms with Gasteiger partial charge in [-0.2, -0.15) is 0 Å². The number of carbonyl (C=O) groups is 3. The van der Waals surface area contributed by atoms with Crippen molar-refractivity contribution in [2.75, 3.05) is 18.4 Å². The molecule has 0 saturated carbocycles. The van der Waals surface area contributed by atoms with E-state index in [1.165, 1.54) is 16.5 Å². The summed E-state index contributed by atoms with van der Waals surface area (Å²) >= 11 is 0. The molecule has 1 saturated heterocycles. The van der Waals surface area contributed by atoms with Crippen molar-refractivity contribution >= 4 is 34.3 Å². The minimum atomic E-state index is -0.253. The number of nitrogens with one attached hydrogen (secondary N) is 2. The third kappa shape index (κ3) is 9.89. The van der Waals surface area contributed by atoms with Crippen LogP contribution < -0.4 is 16.8 Å². The van der Waals surface area contributed by atoms with Crippen LogP contribution in [0.1, 0.15) is 54.6 Å². The van der Waals surface area contributed by atoms with Gasteiger partial charge in [-0.25, -0.2) is 0 Å². The van der Waals surface area contributed by atoms with Gasteiger partial charge in [0.1, 0.15) is 0 Å². The van der Waals surface area contributed by atoms with Gasteiger partial charge in [-0.15, -0.1) is 0 Å². The molecule has 222 valence electrons. The first kappa shape index (κ1) is 32.1. The highest BCUT2D eigenvalue weighted by Gasteiger charge is 2.26. The number of rotatable bonds is 6. The number of H-pyrrole nitrogens is 1. The third-order valence-electron chi connectivity index (χ3n) is 7.04. The highest BCUT2D eigenvalue weighted by Crippen LogP contribution is 2.19. The molecule has 2 heterocycles. The van der Waals surface area contributed by atoms with Crippen molar-refractivity contribution in [3.63, 3.8) is 0 Å². The SMILES string of the molecule is CC(C)CC(=O)Nc1cccc(CN)c1.Cc1c[nH]c2ccccc12.NC(=O)C1CCN(C(=O)c2ccccc2)CC1. The monoisotopic (exact) mass is 569 g/mol. The summed E-state index contributed by atoms with van der Waals surface area (Å²) < 4.78 is 0. The maximum Gasteiger partial charge on any atom is 0.253 e. The quantitative estimate of drug-likeness (QED) is 0.239. The average Bonchev–Trinajstić information content (AvgIpc) is 3.38. The number of nitrogens with zero attached hydrogens (tertiary/aromatic N) is 1. The predicted octanol–water partition coefficient (Wildman–Crippen LogP) is 5.63. The summed E-state index contributed by atoms with van der Waals surface area (Å²) in [5, 5.41) is 4.18. The number of anilines is 1. The van der Waals surface area contributed by atoms with Crippen molar-refractivity contribution in [1.82, 2.24) is 9.88 Å². The predicted molar refractivity (Wildman–Crippen MR) is 170 cm³/mol. The Morgan fingerprint density at radius 1 is 0.952 bits per heavy atom. The minimum absolute atomic E-state index is 0.0357. The number of primary amides is 1. The smallest absolute Gasteiger partial charge is 0.253 e. The van der Waals surface area contributed by atoms with E-state index < -0.39 is 0 Å². The molecule has 0 spiro atoms. The second-order valence-corrected chi connectivity index (χ2v) is 10.9. The molecule has 8 nitrogen and oxygen atoms in total. The molecule has 8 heteroatoms. The number of amides is 3. The topological polar surface area (TPSA) is 134 Å². The Morgan fingerprint density at radius 2 is 1.62 bits per heavy atom. The first-order valence-corrected chi connectivity index (χ1v) is 14.4. The first-order valence-electron chi connectivity index (χ1n) is 14.4. The minimum Gasteiger partial charge on any atom is -0.369 e. The van der Waals surface area contributed by atoms with E-state index in [2.05, 4.69) is 35.4 Å². The molecule has 1 aliphatic heterocycles. The zero-order chi connectivity index (χ0) is 30.5. The van der Waals surface area contributed by atoms with Gasteiger partial charge in [0.2, 0.25) is 11.8 Å². The maximum absolute atomic E-state index is 12.1. The van der Waals surface area contributed by atoms with Gasteiger partial charge in [-0.3, -0.25) is 14.4 Å². The molecule has 4 aromatic rings. The van der Waals surface area contributed by atoms with Gasteiger partial charge in [0.05, 0.1) is 0 Å². The van der Waals surface area contributed by atoms with E-state index in [-0.39, 0.29) is 23.6 Å². The lowest BCUT2D eigenvalue weighted by Gasteiger charge is -2.30. The molecule has 0 atom stereocenters. The number of nitrogens with two attached hydrogens (primary N) is 2. The van der Waals surface area contributed by atoms with Gasteiger partial charge >= 0.3 is 0 Å². The Kier molecular flexibility index (Phi) is 12.3. The van der Waals surface area contributed by atoms with Gasteiger partial charge in [0.15, 0.2) is 0 Å². The molecule has 3 amide bonds. The highest BCUT2D eigenvalue weighted by molar-refractivity contribution is 5.94. The van der Waals surface area contributed by atoms with Gasteiger partial charge in [0.25, 0.3) is 5.91 Å². The summed E-state index contributed by atoms with van der Waals surface area (Å²) in [7, 11) is 0. The number of hydrogen-bond donors (Lipinski definition) is 4. The molecular formula is C34H43N5O3. The number of fused-ring (bicyclic) bond motifs is 1. The fraction of sp³-hybridized carbons (Fsp3) is 0.324. The summed E-state index contributed by atoms with van der Waals surface area (Å²) in [5.41, 5.74) is 15.9. The molecule has 0 bridgehead atoms. The van der Waals surface area contributed by atoms with E-state index >= 15 is 0 Å². The maximum atomic E-state index is 12.1. The Labute approximate surface area is 248 Å². The summed E-state index contributed by atoms with van der Waals surface area (Å²) in [6.07, 6.45) is 3.93. The van der Waals surface area contributed by atoms with Crippen molar-refractivity contribution in [2.24, 2.45) is 23.3 Å². The number of piperidine rings is 1. The van der Waals surface area contributed by atoms with Crippen LogP contribution in [-0.2, 0) is 16.1 Å². The first-order chi connectivity index (χ1) is 20.2. The highest BCUT2D eigenvalue weighted by atomic mass is 16.2. The Hall–Kier alpha value is -4.43. The van der Waals surface area contributed by atoms with Crippen molar-refractivity contribution in [1.29, 1.82) is 0 Å². The van der Waals surface area contributed by atoms with E-state index in [0.29, 0.717) is 50.4 Å². The molecule has 0 aliphatic carbocycles. The second-order valence-electron chi connectivity index (χ2n) is 10.9. The van der Waals surface area contributed by atoms with Crippen LogP contribution in [0.4, 0.5) is 5.69 Å². The summed E-state index contributed by atoms with van der Waals surface area (Å²) in [5.74, 6) is 0.141. The van der Waals surface area contributed by atoms with Crippen LogP contribution in [-0.4, -0.2) is 40.7 Å². The van der Waals surface area contributed by atoms with Crippen molar-refractivity contribution < 1.29 is 14.4 Å². The number of likely N-dealkylation sites (tertiary alicyclic amines) is 1. The van der Waals surface area contributed by atoms with E-state index in [1.54, 1.807) is 4.90 Å². The summed E-state index contributed by atoms with van der Waals surface area (Å²) in [4.78, 5) is 39.6. The molecule has 1 aliphatic rings. The van der Waals surface area contributed by atoms with Crippen LogP contribution in [0.25, 0.3) is 10.9 Å². The zero-order valence-electron chi connectivity index (χ0n) is 24.8. The number of aryl methyl sites for hydroxylation is 1. The van der Waals surface area contributed by atoms with Crippen molar-refractivity contribution in [3.8, 4) is 0 Å². The zero-order valence-corrected chi connectivity index (χ0v) is 24.8. The van der Waals surface area contributed by atoms with Gasteiger partial charge in [0, 0.05) is 60.3 Å². The fourth-order valence-corrected chi connectivity index (χ4v) is 4.71. The van der Waals surface area contributed by atoms with Gasteiger partial charge < -0.3 is 26.7 Å². The largest absolute Gasteiger partial charge is 0.369 e. The Balaban J connectivity index is 0.000000178. The molecule has 6 N–H and O–H groups in total. The number of aromatic amines is 1. The number of hydrogen-bond acceptors (Lipinski definition) is 4. The van der Waals surface area contributed by atoms with Crippen LogP contribution in [0.15, 0.2) is 85.1 Å². The van der Waals surface area contributed by atoms with Crippen LogP contribution >= 0.6 is 0 Å². The number of aromatic nitrogens is 1. The standard InChI is InChI=1S/C13H16N2O2.C12H18N2O.C9H9N/c14-12(16)10-6-8-15(9-7-10)13(17)11-4-2-1-3-5-11;1-9(2)6-12(15)14-11-5-3-4-10(7-11)8-13;1-7-6-10-9-5-3-2-4-8(7)9/h1-5,10H,6-9H2,(H2,14,16);3-5,7,9H,6,8,13H2,1-2H3,(H,14,15);2-6,10H,1H3. The molecule has 0 radical (unpaired) electrons. The lowest BCUT2D eigenvalue weighted by molar-refractivity contribution is -0.123. The van der Waals surface area contributed by atoms with E-state index in [9.17, 15) is 14.4 Å². The van der Waals surface area contributed by atoms with Crippen molar-refractivity contribution in [3.05, 3.63) is 102 Å². The number of para-hydroxylation sites is 1. The van der Waals surface area contributed by atoms with Gasteiger partial charge in [-0.05, 0) is 67.1 Å². The van der Waals surface area contributed by atoms with Crippen LogP contribution in [0, 0.1) is 18.8 Å². The molecule has 42 heavy (non-hydrogen) atoms. The van der Waals surface area contributed by atoms with E-state index in [4.69, 9.17) is 11.5 Å². The molecular weight excluding hydrogens is 526 g/mol. The van der Waals surface area contributed by atoms with E-state index in [0.717, 1.165) is 11.3 Å². The summed E-state index contributed by atoms with van der Waals surface area (Å²) in [6, 6.07) is 25.1. The van der Waals surface area contributed by atoms with Gasteiger partial charge in [-0.1, -0.05) is 62.4 Å². The molecule has 5 rings (SSSR count). The van der Waals surface area contributed by atoms with Crippen molar-refractivity contribution in [2.45, 2.75) is 46.6 Å². The molecule has 0 unspecified atom stereocenters. The molecule has 3 aromatic carbocycles. The Bertz CT molecular complexity index is 1440. The normalized spacial score (nSPS) is 13.0. The van der Waals surface area contributed by atoms with Crippen LogP contribution in [0.2, 0.25) is 0 Å². The second kappa shape index (κ2) is 16.1. The average molecular weight is 570 g/mol. The Morgan fingerprint density at radius 3 is 2.24 bits per heavy atom. The lowest BCUT2D eigenvalue weighted by atomic mass is 9.96. The molecule has 1 aromatic heterocycles. The number of carbonyl (C=O) groups excluding carboxylic acids is 3. The fourth-order valence-electron chi connectivity index (χ4n) is 4.71. The summed E-state index contributed by atoms with van der Waals surface area (Å²) in [6.45, 7) is 7.88. The lowest BCUT2D eigenvalue weighted by Crippen LogP contribution is -2.41. The molecule has 1 fully saturated rings.